The minimum atomic E-state index is -0.118. The van der Waals surface area contributed by atoms with Crippen LogP contribution in [0.4, 0.5) is 0 Å². The molecule has 0 bridgehead atoms. The molecule has 0 aromatic rings. The van der Waals surface area contributed by atoms with Crippen molar-refractivity contribution in [3.63, 3.8) is 0 Å². The first-order valence-electron chi connectivity index (χ1n) is 4.97. The summed E-state index contributed by atoms with van der Waals surface area (Å²) in [4.78, 5) is 11.2. The highest BCUT2D eigenvalue weighted by Crippen LogP contribution is 2.23. The van der Waals surface area contributed by atoms with Crippen molar-refractivity contribution in [3.8, 4) is 0 Å². The fourth-order valence-electron chi connectivity index (χ4n) is 1.40. The van der Waals surface area contributed by atoms with Crippen LogP contribution in [0.15, 0.2) is 0 Å². The van der Waals surface area contributed by atoms with Crippen LogP contribution in [0.25, 0.3) is 0 Å². The lowest BCUT2D eigenvalue weighted by molar-refractivity contribution is -0.144. The lowest BCUT2D eigenvalue weighted by Gasteiger charge is -2.25. The molecule has 0 unspecified atom stereocenters. The summed E-state index contributed by atoms with van der Waals surface area (Å²) in [7, 11) is 0. The Morgan fingerprint density at radius 3 is 2.62 bits per heavy atom. The predicted molar refractivity (Wildman–Crippen MR) is 51.5 cm³/mol. The lowest BCUT2D eigenvalue weighted by Crippen LogP contribution is -2.42. The van der Waals surface area contributed by atoms with E-state index in [0.717, 1.165) is 0 Å². The maximum absolute atomic E-state index is 11.2. The molecule has 0 atom stereocenters. The monoisotopic (exact) mass is 185 g/mol. The second-order valence-electron chi connectivity index (χ2n) is 4.28. The molecule has 0 amide bonds. The van der Waals surface area contributed by atoms with Crippen LogP contribution in [-0.2, 0) is 9.53 Å². The zero-order valence-electron chi connectivity index (χ0n) is 8.72. The van der Waals surface area contributed by atoms with Crippen molar-refractivity contribution < 1.29 is 9.53 Å². The third-order valence-electron chi connectivity index (χ3n) is 2.06. The third-order valence-corrected chi connectivity index (χ3v) is 2.06. The zero-order valence-corrected chi connectivity index (χ0v) is 8.72. The number of nitrogens with one attached hydrogen (secondary N) is 1. The maximum Gasteiger partial charge on any atom is 0.307 e. The molecule has 0 saturated heterocycles. The number of hydrogen-bond donors (Lipinski definition) is 1. The summed E-state index contributed by atoms with van der Waals surface area (Å²) in [5.41, 5.74) is -0.118. The number of esters is 1. The van der Waals surface area contributed by atoms with Crippen LogP contribution in [0.3, 0.4) is 0 Å². The van der Waals surface area contributed by atoms with E-state index in [-0.39, 0.29) is 11.5 Å². The summed E-state index contributed by atoms with van der Waals surface area (Å²) in [5.74, 6) is -0.111. The van der Waals surface area contributed by atoms with Crippen molar-refractivity contribution >= 4 is 5.97 Å². The van der Waals surface area contributed by atoms with Gasteiger partial charge in [0.05, 0.1) is 13.0 Å². The molecule has 3 nitrogen and oxygen atoms in total. The van der Waals surface area contributed by atoms with Gasteiger partial charge in [-0.3, -0.25) is 4.79 Å². The van der Waals surface area contributed by atoms with Gasteiger partial charge >= 0.3 is 5.97 Å². The molecule has 1 fully saturated rings. The Balaban J connectivity index is 2.26. The molecule has 76 valence electrons. The Kier molecular flexibility index (Phi) is 3.31. The summed E-state index contributed by atoms with van der Waals surface area (Å²) in [5, 5.41) is 3.42. The van der Waals surface area contributed by atoms with E-state index in [0.29, 0.717) is 19.1 Å². The molecule has 3 heteroatoms. The molecule has 0 radical (unpaired) electrons. The average Bonchev–Trinajstić information content (AvgIpc) is 2.69. The number of rotatable bonds is 5. The van der Waals surface area contributed by atoms with Crippen LogP contribution in [0.5, 0.6) is 0 Å². The molecule has 1 N–H and O–H groups in total. The number of carbonyl (C=O) groups excluding carboxylic acids is 1. The van der Waals surface area contributed by atoms with Crippen LogP contribution in [-0.4, -0.2) is 24.2 Å². The summed E-state index contributed by atoms with van der Waals surface area (Å²) < 4.78 is 4.90. The first-order valence-corrected chi connectivity index (χ1v) is 4.97. The highest BCUT2D eigenvalue weighted by atomic mass is 16.5. The van der Waals surface area contributed by atoms with Gasteiger partial charge in [0.2, 0.25) is 0 Å². The molecule has 0 aromatic heterocycles. The van der Waals surface area contributed by atoms with Crippen molar-refractivity contribution in [2.24, 2.45) is 0 Å². The van der Waals surface area contributed by atoms with Crippen LogP contribution in [0.1, 0.15) is 40.0 Å². The van der Waals surface area contributed by atoms with E-state index in [9.17, 15) is 4.79 Å². The molecule has 1 aliphatic rings. The highest BCUT2D eigenvalue weighted by molar-refractivity contribution is 5.70. The molecule has 1 aliphatic carbocycles. The van der Waals surface area contributed by atoms with Crippen molar-refractivity contribution in [1.82, 2.24) is 5.32 Å². The fourth-order valence-corrected chi connectivity index (χ4v) is 1.40. The molecule has 1 saturated carbocycles. The summed E-state index contributed by atoms with van der Waals surface area (Å²) in [6.07, 6.45) is 2.94. The Morgan fingerprint density at radius 1 is 1.54 bits per heavy atom. The quantitative estimate of drug-likeness (QED) is 0.659. The standard InChI is InChI=1S/C10H19NO2/c1-4-13-9(12)7-10(2,3)11-8-5-6-8/h8,11H,4-7H2,1-3H3. The molecule has 1 rings (SSSR count). The largest absolute Gasteiger partial charge is 0.466 e. The first kappa shape index (κ1) is 10.5. The summed E-state index contributed by atoms with van der Waals surface area (Å²) in [6, 6.07) is 0.629. The van der Waals surface area contributed by atoms with Crippen molar-refractivity contribution in [1.29, 1.82) is 0 Å². The second-order valence-corrected chi connectivity index (χ2v) is 4.28. The third kappa shape index (κ3) is 4.27. The molecule has 0 aliphatic heterocycles. The molecule has 0 heterocycles. The van der Waals surface area contributed by atoms with Crippen LogP contribution < -0.4 is 5.32 Å². The van der Waals surface area contributed by atoms with E-state index >= 15 is 0 Å². The van der Waals surface area contributed by atoms with E-state index in [4.69, 9.17) is 4.74 Å². The summed E-state index contributed by atoms with van der Waals surface area (Å²) in [6.45, 7) is 6.39. The predicted octanol–water partition coefficient (Wildman–Crippen LogP) is 1.47. The number of ether oxygens (including phenoxy) is 1. The molecular weight excluding hydrogens is 166 g/mol. The molecule has 0 aromatic carbocycles. The van der Waals surface area contributed by atoms with Gasteiger partial charge < -0.3 is 10.1 Å². The van der Waals surface area contributed by atoms with Crippen molar-refractivity contribution in [3.05, 3.63) is 0 Å². The summed E-state index contributed by atoms with van der Waals surface area (Å²) >= 11 is 0. The van der Waals surface area contributed by atoms with Gasteiger partial charge in [-0.2, -0.15) is 0 Å². The second kappa shape index (κ2) is 4.09. The fraction of sp³-hybridized carbons (Fsp3) is 0.900. The van der Waals surface area contributed by atoms with E-state index < -0.39 is 0 Å². The topological polar surface area (TPSA) is 38.3 Å². The number of hydrogen-bond acceptors (Lipinski definition) is 3. The van der Waals surface area contributed by atoms with Gasteiger partial charge in [-0.15, -0.1) is 0 Å². The van der Waals surface area contributed by atoms with Gasteiger partial charge in [0.25, 0.3) is 0 Å². The van der Waals surface area contributed by atoms with E-state index in [2.05, 4.69) is 5.32 Å². The Hall–Kier alpha value is -0.570. The van der Waals surface area contributed by atoms with Gasteiger partial charge in [0, 0.05) is 11.6 Å². The van der Waals surface area contributed by atoms with Crippen LogP contribution >= 0.6 is 0 Å². The van der Waals surface area contributed by atoms with Gasteiger partial charge in [-0.05, 0) is 33.6 Å². The molecule has 0 spiro atoms. The SMILES string of the molecule is CCOC(=O)CC(C)(C)NC1CC1. The van der Waals surface area contributed by atoms with E-state index in [1.807, 2.05) is 20.8 Å². The van der Waals surface area contributed by atoms with Gasteiger partial charge in [-0.1, -0.05) is 0 Å². The minimum Gasteiger partial charge on any atom is -0.466 e. The van der Waals surface area contributed by atoms with Crippen molar-refractivity contribution in [2.45, 2.75) is 51.6 Å². The Labute approximate surface area is 79.8 Å². The van der Waals surface area contributed by atoms with Gasteiger partial charge in [-0.25, -0.2) is 0 Å². The maximum atomic E-state index is 11.2. The molecular formula is C10H19NO2. The Morgan fingerprint density at radius 2 is 2.15 bits per heavy atom. The minimum absolute atomic E-state index is 0.111. The highest BCUT2D eigenvalue weighted by Gasteiger charge is 2.30. The van der Waals surface area contributed by atoms with Crippen LogP contribution in [0, 0.1) is 0 Å². The van der Waals surface area contributed by atoms with Gasteiger partial charge in [0.1, 0.15) is 0 Å². The zero-order chi connectivity index (χ0) is 9.90. The lowest BCUT2D eigenvalue weighted by atomic mass is 10.0. The average molecular weight is 185 g/mol. The Bertz CT molecular complexity index is 185. The van der Waals surface area contributed by atoms with E-state index in [1.165, 1.54) is 12.8 Å². The van der Waals surface area contributed by atoms with Crippen LogP contribution in [0.2, 0.25) is 0 Å². The first-order chi connectivity index (χ1) is 6.03. The number of carbonyl (C=O) groups is 1. The smallest absolute Gasteiger partial charge is 0.307 e. The normalized spacial score (nSPS) is 17.2. The molecule has 13 heavy (non-hydrogen) atoms. The van der Waals surface area contributed by atoms with Crippen molar-refractivity contribution in [2.75, 3.05) is 6.61 Å². The van der Waals surface area contributed by atoms with E-state index in [1.54, 1.807) is 0 Å². The van der Waals surface area contributed by atoms with Gasteiger partial charge in [0.15, 0.2) is 0 Å².